The summed E-state index contributed by atoms with van der Waals surface area (Å²) in [7, 11) is 0. The summed E-state index contributed by atoms with van der Waals surface area (Å²) < 4.78 is 5.06. The third-order valence-corrected chi connectivity index (χ3v) is 4.11. The molecule has 0 bridgehead atoms. The molecule has 5 nitrogen and oxygen atoms in total. The molecule has 1 aliphatic carbocycles. The standard InChI is InChI=1S/C14H25NO4.ClH/c1-2-18-14(17)11-5-7-13(8-6-11)19-15-9-3-4-12(15)10-16;/h11-13,16H,2-10H2,1H3;1H/t11?,12-,13?;/m0./s1. The van der Waals surface area contributed by atoms with Crippen LogP contribution in [0.25, 0.3) is 0 Å². The molecule has 0 amide bonds. The molecule has 0 aromatic rings. The Morgan fingerprint density at radius 3 is 2.55 bits per heavy atom. The normalized spacial score (nSPS) is 30.8. The summed E-state index contributed by atoms with van der Waals surface area (Å²) >= 11 is 0. The van der Waals surface area contributed by atoms with E-state index in [-0.39, 0.29) is 43.0 Å². The van der Waals surface area contributed by atoms with E-state index in [1.165, 1.54) is 0 Å². The van der Waals surface area contributed by atoms with Gasteiger partial charge in [0.1, 0.15) is 0 Å². The second-order valence-corrected chi connectivity index (χ2v) is 5.45. The Labute approximate surface area is 127 Å². The van der Waals surface area contributed by atoms with Crippen LogP contribution in [0.4, 0.5) is 0 Å². The van der Waals surface area contributed by atoms with Crippen LogP contribution in [0.5, 0.6) is 0 Å². The van der Waals surface area contributed by atoms with Gasteiger partial charge in [0, 0.05) is 6.54 Å². The van der Waals surface area contributed by atoms with Gasteiger partial charge < -0.3 is 9.84 Å². The maximum absolute atomic E-state index is 11.6. The topological polar surface area (TPSA) is 59.0 Å². The molecule has 2 aliphatic rings. The monoisotopic (exact) mass is 307 g/mol. The summed E-state index contributed by atoms with van der Waals surface area (Å²) in [6.45, 7) is 3.37. The van der Waals surface area contributed by atoms with Crippen LogP contribution in [0, 0.1) is 5.92 Å². The number of halogens is 1. The van der Waals surface area contributed by atoms with Crippen LogP contribution in [0.15, 0.2) is 0 Å². The summed E-state index contributed by atoms with van der Waals surface area (Å²) in [5.74, 6) is -0.0117. The van der Waals surface area contributed by atoms with Gasteiger partial charge in [-0.05, 0) is 45.4 Å². The van der Waals surface area contributed by atoms with Crippen molar-refractivity contribution in [3.63, 3.8) is 0 Å². The van der Waals surface area contributed by atoms with Gasteiger partial charge in [-0.25, -0.2) is 0 Å². The molecule has 2 fully saturated rings. The molecular weight excluding hydrogens is 282 g/mol. The van der Waals surface area contributed by atoms with Crippen molar-refractivity contribution < 1.29 is 19.5 Å². The predicted octanol–water partition coefficient (Wildman–Crippen LogP) is 1.92. The van der Waals surface area contributed by atoms with Crippen LogP contribution in [0.2, 0.25) is 0 Å². The Kier molecular flexibility index (Phi) is 7.80. The Morgan fingerprint density at radius 1 is 1.25 bits per heavy atom. The van der Waals surface area contributed by atoms with E-state index in [1.54, 1.807) is 0 Å². The molecule has 1 saturated heterocycles. The van der Waals surface area contributed by atoms with Crippen molar-refractivity contribution in [3.8, 4) is 0 Å². The van der Waals surface area contributed by atoms with E-state index in [0.717, 1.165) is 45.1 Å². The number of carbonyl (C=O) groups excluding carboxylic acids is 1. The molecule has 20 heavy (non-hydrogen) atoms. The van der Waals surface area contributed by atoms with Crippen molar-refractivity contribution in [2.24, 2.45) is 5.92 Å². The summed E-state index contributed by atoms with van der Waals surface area (Å²) in [6.07, 6.45) is 5.79. The summed E-state index contributed by atoms with van der Waals surface area (Å²) in [5, 5.41) is 11.2. The van der Waals surface area contributed by atoms with Crippen molar-refractivity contribution in [1.82, 2.24) is 5.06 Å². The summed E-state index contributed by atoms with van der Waals surface area (Å²) in [6, 6.07) is 0.155. The van der Waals surface area contributed by atoms with Gasteiger partial charge in [0.15, 0.2) is 0 Å². The van der Waals surface area contributed by atoms with Crippen LogP contribution in [0.1, 0.15) is 45.4 Å². The van der Waals surface area contributed by atoms with Gasteiger partial charge >= 0.3 is 5.97 Å². The lowest BCUT2D eigenvalue weighted by molar-refractivity contribution is -0.219. The molecule has 1 saturated carbocycles. The molecule has 1 N–H and O–H groups in total. The molecule has 0 aromatic carbocycles. The highest BCUT2D eigenvalue weighted by atomic mass is 35.5. The lowest BCUT2D eigenvalue weighted by Gasteiger charge is -2.32. The van der Waals surface area contributed by atoms with E-state index in [2.05, 4.69) is 0 Å². The Morgan fingerprint density at radius 2 is 1.95 bits per heavy atom. The molecule has 1 atom stereocenters. The lowest BCUT2D eigenvalue weighted by Crippen LogP contribution is -2.38. The Balaban J connectivity index is 0.00000200. The van der Waals surface area contributed by atoms with Crippen LogP contribution < -0.4 is 0 Å². The number of hydrogen-bond donors (Lipinski definition) is 1. The van der Waals surface area contributed by atoms with Gasteiger partial charge in [-0.1, -0.05) is 0 Å². The highest BCUT2D eigenvalue weighted by molar-refractivity contribution is 5.85. The quantitative estimate of drug-likeness (QED) is 0.786. The molecule has 0 aromatic heterocycles. The Hall–Kier alpha value is -0.360. The van der Waals surface area contributed by atoms with Gasteiger partial charge in [0.25, 0.3) is 0 Å². The second-order valence-electron chi connectivity index (χ2n) is 5.45. The zero-order valence-corrected chi connectivity index (χ0v) is 12.9. The minimum atomic E-state index is -0.0599. The van der Waals surface area contributed by atoms with Crippen molar-refractivity contribution in [2.75, 3.05) is 19.8 Å². The maximum atomic E-state index is 11.6. The SMILES string of the molecule is CCOC(=O)C1CCC(ON2CCC[C@H]2CO)CC1.Cl. The second kappa shape index (κ2) is 8.82. The van der Waals surface area contributed by atoms with Gasteiger partial charge in [0.2, 0.25) is 0 Å². The summed E-state index contributed by atoms with van der Waals surface area (Å²) in [4.78, 5) is 17.6. The van der Waals surface area contributed by atoms with Gasteiger partial charge in [-0.3, -0.25) is 9.63 Å². The predicted molar refractivity (Wildman–Crippen MR) is 77.5 cm³/mol. The highest BCUT2D eigenvalue weighted by Gasteiger charge is 2.32. The first-order valence-electron chi connectivity index (χ1n) is 7.45. The number of aliphatic hydroxyl groups excluding tert-OH is 1. The first kappa shape index (κ1) is 17.7. The molecule has 118 valence electrons. The van der Waals surface area contributed by atoms with Crippen LogP contribution in [0.3, 0.4) is 0 Å². The largest absolute Gasteiger partial charge is 0.466 e. The van der Waals surface area contributed by atoms with E-state index in [4.69, 9.17) is 9.57 Å². The van der Waals surface area contributed by atoms with E-state index in [9.17, 15) is 9.90 Å². The Bertz CT molecular complexity index is 295. The van der Waals surface area contributed by atoms with Crippen molar-refractivity contribution in [3.05, 3.63) is 0 Å². The van der Waals surface area contributed by atoms with Gasteiger partial charge in [-0.15, -0.1) is 12.4 Å². The van der Waals surface area contributed by atoms with E-state index in [0.29, 0.717) is 6.61 Å². The first-order valence-corrected chi connectivity index (χ1v) is 7.45. The first-order chi connectivity index (χ1) is 9.24. The van der Waals surface area contributed by atoms with E-state index in [1.807, 2.05) is 12.0 Å². The van der Waals surface area contributed by atoms with Crippen LogP contribution >= 0.6 is 12.4 Å². The fraction of sp³-hybridized carbons (Fsp3) is 0.929. The van der Waals surface area contributed by atoms with Crippen LogP contribution in [-0.4, -0.2) is 48.0 Å². The number of carbonyl (C=O) groups is 1. The third-order valence-electron chi connectivity index (χ3n) is 4.11. The molecule has 6 heteroatoms. The number of nitrogens with zero attached hydrogens (tertiary/aromatic N) is 1. The molecule has 1 heterocycles. The smallest absolute Gasteiger partial charge is 0.308 e. The average molecular weight is 308 g/mol. The van der Waals surface area contributed by atoms with Crippen molar-refractivity contribution in [2.45, 2.75) is 57.6 Å². The van der Waals surface area contributed by atoms with Gasteiger partial charge in [-0.2, -0.15) is 5.06 Å². The zero-order valence-electron chi connectivity index (χ0n) is 12.1. The summed E-state index contributed by atoms with van der Waals surface area (Å²) in [5.41, 5.74) is 0. The van der Waals surface area contributed by atoms with Crippen LogP contribution in [-0.2, 0) is 14.4 Å². The molecule has 0 unspecified atom stereocenters. The lowest BCUT2D eigenvalue weighted by atomic mass is 9.87. The van der Waals surface area contributed by atoms with E-state index < -0.39 is 0 Å². The number of ether oxygens (including phenoxy) is 1. The highest BCUT2D eigenvalue weighted by Crippen LogP contribution is 2.29. The molecule has 0 radical (unpaired) electrons. The minimum absolute atomic E-state index is 0. The average Bonchev–Trinajstić information content (AvgIpc) is 2.87. The van der Waals surface area contributed by atoms with Crippen molar-refractivity contribution >= 4 is 18.4 Å². The molecule has 2 rings (SSSR count). The fourth-order valence-corrected chi connectivity index (χ4v) is 2.99. The molecular formula is C14H26ClNO4. The van der Waals surface area contributed by atoms with Crippen molar-refractivity contribution in [1.29, 1.82) is 0 Å². The fourth-order valence-electron chi connectivity index (χ4n) is 2.99. The number of hydroxylamine groups is 2. The zero-order chi connectivity index (χ0) is 13.7. The number of hydrogen-bond acceptors (Lipinski definition) is 5. The number of rotatable bonds is 5. The van der Waals surface area contributed by atoms with E-state index >= 15 is 0 Å². The number of aliphatic hydroxyl groups is 1. The maximum Gasteiger partial charge on any atom is 0.308 e. The number of esters is 1. The third kappa shape index (κ3) is 4.58. The molecule has 1 aliphatic heterocycles. The minimum Gasteiger partial charge on any atom is -0.466 e. The van der Waals surface area contributed by atoms with Gasteiger partial charge in [0.05, 0.1) is 31.3 Å². The molecule has 0 spiro atoms.